The number of aromatic nitrogens is 2. The van der Waals surface area contributed by atoms with Gasteiger partial charge in [-0.1, -0.05) is 17.8 Å². The fourth-order valence-electron chi connectivity index (χ4n) is 3.97. The van der Waals surface area contributed by atoms with E-state index in [4.69, 9.17) is 0 Å². The zero-order chi connectivity index (χ0) is 21.1. The molecule has 0 atom stereocenters. The van der Waals surface area contributed by atoms with Crippen molar-refractivity contribution in [3.05, 3.63) is 51.8 Å². The summed E-state index contributed by atoms with van der Waals surface area (Å²) in [4.78, 5) is 31.8. The van der Waals surface area contributed by atoms with Crippen LogP contribution in [0.15, 0.2) is 34.1 Å². The molecular weight excluding hydrogens is 405 g/mol. The van der Waals surface area contributed by atoms with Crippen LogP contribution in [0.2, 0.25) is 0 Å². The Morgan fingerprint density at radius 1 is 1.20 bits per heavy atom. The molecule has 1 aromatic carbocycles. The Hall–Kier alpha value is -2.39. The predicted molar refractivity (Wildman–Crippen MR) is 116 cm³/mol. The van der Waals surface area contributed by atoms with E-state index in [9.17, 15) is 14.0 Å². The molecule has 1 aromatic heterocycles. The Balaban J connectivity index is 1.52. The van der Waals surface area contributed by atoms with Gasteiger partial charge in [0.2, 0.25) is 5.91 Å². The Kier molecular flexibility index (Phi) is 6.38. The lowest BCUT2D eigenvalue weighted by Crippen LogP contribution is -2.54. The van der Waals surface area contributed by atoms with Gasteiger partial charge in [-0.05, 0) is 50.9 Å². The van der Waals surface area contributed by atoms with Crippen LogP contribution in [-0.4, -0.2) is 59.4 Å². The van der Waals surface area contributed by atoms with Gasteiger partial charge in [-0.3, -0.25) is 4.79 Å². The van der Waals surface area contributed by atoms with Crippen molar-refractivity contribution in [2.24, 2.45) is 0 Å². The maximum atomic E-state index is 13.3. The summed E-state index contributed by atoms with van der Waals surface area (Å²) < 4.78 is 15.1. The van der Waals surface area contributed by atoms with Gasteiger partial charge in [0.15, 0.2) is 0 Å². The highest BCUT2D eigenvalue weighted by Gasteiger charge is 2.25. The number of rotatable bonds is 5. The summed E-state index contributed by atoms with van der Waals surface area (Å²) in [5, 5.41) is 5.44. The fourth-order valence-corrected chi connectivity index (χ4v) is 4.85. The number of benzene rings is 1. The summed E-state index contributed by atoms with van der Waals surface area (Å²) in [5.74, 6) is -0.530. The van der Waals surface area contributed by atoms with E-state index < -0.39 is 5.82 Å². The topological polar surface area (TPSA) is 70.5 Å². The van der Waals surface area contributed by atoms with Crippen LogP contribution in [0, 0.1) is 5.82 Å². The third-order valence-electron chi connectivity index (χ3n) is 5.54. The summed E-state index contributed by atoms with van der Waals surface area (Å²) in [6.07, 6.45) is 3.82. The van der Waals surface area contributed by atoms with Crippen molar-refractivity contribution in [1.29, 1.82) is 0 Å². The molecule has 0 radical (unpaired) electrons. The summed E-state index contributed by atoms with van der Waals surface area (Å²) in [6, 6.07) is 5.80. The first-order valence-corrected chi connectivity index (χ1v) is 11.3. The van der Waals surface area contributed by atoms with Crippen LogP contribution in [0.1, 0.15) is 24.1 Å². The van der Waals surface area contributed by atoms with E-state index in [1.807, 2.05) is 0 Å². The van der Waals surface area contributed by atoms with E-state index >= 15 is 0 Å². The molecule has 160 valence electrons. The Morgan fingerprint density at radius 2 is 1.97 bits per heavy atom. The fraction of sp³-hybridized carbons (Fsp3) is 0.476. The Labute approximate surface area is 179 Å². The number of piperazine rings is 1. The van der Waals surface area contributed by atoms with Gasteiger partial charge < -0.3 is 15.2 Å². The minimum Gasteiger partial charge on any atom is -0.325 e. The lowest BCUT2D eigenvalue weighted by molar-refractivity contribution is -0.113. The number of halogens is 1. The number of nitrogens with zero attached hydrogens (tertiary/aromatic N) is 4. The molecule has 2 aromatic rings. The highest BCUT2D eigenvalue weighted by Crippen LogP contribution is 2.28. The van der Waals surface area contributed by atoms with Crippen molar-refractivity contribution >= 4 is 23.4 Å². The molecule has 0 spiro atoms. The van der Waals surface area contributed by atoms with Crippen LogP contribution >= 0.6 is 11.8 Å². The van der Waals surface area contributed by atoms with Crippen LogP contribution < -0.4 is 16.0 Å². The zero-order valence-corrected chi connectivity index (χ0v) is 17.9. The zero-order valence-electron chi connectivity index (χ0n) is 17.1. The molecule has 1 amide bonds. The minimum atomic E-state index is -0.399. The van der Waals surface area contributed by atoms with Gasteiger partial charge >= 0.3 is 5.69 Å². The summed E-state index contributed by atoms with van der Waals surface area (Å²) in [5.41, 5.74) is 2.27. The quantitative estimate of drug-likeness (QED) is 0.576. The van der Waals surface area contributed by atoms with Gasteiger partial charge in [0.25, 0.3) is 0 Å². The van der Waals surface area contributed by atoms with E-state index in [0.29, 0.717) is 10.7 Å². The number of likely N-dealkylation sites (N-methyl/N-ethyl adjacent to an activating group) is 1. The van der Waals surface area contributed by atoms with Crippen molar-refractivity contribution in [2.45, 2.75) is 30.7 Å². The maximum Gasteiger partial charge on any atom is 0.367 e. The van der Waals surface area contributed by atoms with Gasteiger partial charge in [0, 0.05) is 37.4 Å². The van der Waals surface area contributed by atoms with Crippen LogP contribution in [-0.2, 0) is 17.6 Å². The van der Waals surface area contributed by atoms with Crippen molar-refractivity contribution in [3.8, 4) is 0 Å². The van der Waals surface area contributed by atoms with E-state index in [0.717, 1.165) is 63.1 Å². The number of fused-ring (bicyclic) bond motifs is 1. The second kappa shape index (κ2) is 9.18. The molecule has 1 aliphatic heterocycles. The molecule has 1 saturated heterocycles. The third-order valence-corrected chi connectivity index (χ3v) is 6.56. The minimum absolute atomic E-state index is 0.119. The lowest BCUT2D eigenvalue weighted by Gasteiger charge is -2.37. The molecule has 2 heterocycles. The van der Waals surface area contributed by atoms with Gasteiger partial charge in [-0.25, -0.2) is 13.9 Å². The van der Waals surface area contributed by atoms with Crippen molar-refractivity contribution in [1.82, 2.24) is 14.6 Å². The van der Waals surface area contributed by atoms with Gasteiger partial charge in [0.05, 0.1) is 11.4 Å². The van der Waals surface area contributed by atoms with Crippen LogP contribution in [0.4, 0.5) is 10.1 Å². The molecular formula is C21H26FN5O2S. The van der Waals surface area contributed by atoms with Crippen LogP contribution in [0.25, 0.3) is 0 Å². The first-order chi connectivity index (χ1) is 14.5. The van der Waals surface area contributed by atoms with E-state index in [1.165, 1.54) is 23.9 Å². The largest absolute Gasteiger partial charge is 0.367 e. The second-order valence-corrected chi connectivity index (χ2v) is 8.71. The summed E-state index contributed by atoms with van der Waals surface area (Å²) in [6.45, 7) is 3.43. The average Bonchev–Trinajstić information content (AvgIpc) is 2.73. The highest BCUT2D eigenvalue weighted by atomic mass is 32.2. The normalized spacial score (nSPS) is 16.9. The Bertz CT molecular complexity index is 988. The molecule has 7 nitrogen and oxygen atoms in total. The number of nitrogens with one attached hydrogen (secondary N) is 1. The molecule has 9 heteroatoms. The van der Waals surface area contributed by atoms with Crippen molar-refractivity contribution < 1.29 is 9.18 Å². The first-order valence-electron chi connectivity index (χ1n) is 10.3. The molecule has 4 rings (SSSR count). The maximum absolute atomic E-state index is 13.3. The van der Waals surface area contributed by atoms with E-state index in [2.05, 4.69) is 27.3 Å². The molecule has 0 saturated carbocycles. The van der Waals surface area contributed by atoms with E-state index in [1.54, 1.807) is 16.8 Å². The smallest absolute Gasteiger partial charge is 0.325 e. The number of anilines is 1. The first kappa shape index (κ1) is 20.9. The van der Waals surface area contributed by atoms with Gasteiger partial charge in [-0.2, -0.15) is 4.98 Å². The molecule has 0 bridgehead atoms. The standard InChI is InChI=1S/C21H26FN5O2S/c1-25-9-11-26(12-10-25)27-18-8-3-2-7-17(18)20(24-21(27)29)30-14-19(28)23-16-6-4-5-15(22)13-16/h4-6,13H,2-3,7-12,14H2,1H3,(H,23,28). The van der Waals surface area contributed by atoms with Crippen molar-refractivity contribution in [3.63, 3.8) is 0 Å². The molecule has 1 N–H and O–H groups in total. The third kappa shape index (κ3) is 4.67. The number of carbonyl (C=O) groups excluding carboxylic acids is 1. The number of thioether (sulfide) groups is 1. The number of hydrogen-bond donors (Lipinski definition) is 1. The van der Waals surface area contributed by atoms with Crippen molar-refractivity contribution in [2.75, 3.05) is 49.3 Å². The molecule has 2 aliphatic rings. The second-order valence-electron chi connectivity index (χ2n) is 7.75. The van der Waals surface area contributed by atoms with Gasteiger partial charge in [0.1, 0.15) is 10.8 Å². The number of carbonyl (C=O) groups is 1. The van der Waals surface area contributed by atoms with E-state index in [-0.39, 0.29) is 17.3 Å². The monoisotopic (exact) mass is 431 g/mol. The Morgan fingerprint density at radius 3 is 2.73 bits per heavy atom. The molecule has 1 aliphatic carbocycles. The molecule has 30 heavy (non-hydrogen) atoms. The highest BCUT2D eigenvalue weighted by molar-refractivity contribution is 8.00. The average molecular weight is 432 g/mol. The molecule has 1 fully saturated rings. The lowest BCUT2D eigenvalue weighted by atomic mass is 9.97. The van der Waals surface area contributed by atoms with Gasteiger partial charge in [-0.15, -0.1) is 0 Å². The summed E-state index contributed by atoms with van der Waals surface area (Å²) in [7, 11) is 2.09. The number of hydrogen-bond acceptors (Lipinski definition) is 6. The SMILES string of the molecule is CN1CCN(n2c3c(c(SCC(=O)Nc4cccc(F)c4)nc2=O)CCCC3)CC1. The van der Waals surface area contributed by atoms with Crippen LogP contribution in [0.3, 0.4) is 0 Å². The summed E-state index contributed by atoms with van der Waals surface area (Å²) >= 11 is 1.28. The number of amides is 1. The molecule has 0 unspecified atom stereocenters. The predicted octanol–water partition coefficient (Wildman–Crippen LogP) is 1.88. The van der Waals surface area contributed by atoms with Crippen LogP contribution in [0.5, 0.6) is 0 Å².